The van der Waals surface area contributed by atoms with E-state index in [1.807, 2.05) is 0 Å². The number of hydrogen-bond donors (Lipinski definition) is 2. The molecule has 4 nitrogen and oxygen atoms in total. The molecule has 0 bridgehead atoms. The molecule has 0 atom stereocenters. The predicted octanol–water partition coefficient (Wildman–Crippen LogP) is 1.77. The molecule has 0 saturated heterocycles. The van der Waals surface area contributed by atoms with E-state index in [9.17, 15) is 9.18 Å². The van der Waals surface area contributed by atoms with Crippen LogP contribution in [-0.4, -0.2) is 17.7 Å². The standard InChI is InChI=1S/C12H16FNO3/c1-12(2,11(15)16)7-17-10-5-3-4-9(13)8(10)6-14/h3-5H,6-7,14H2,1-2H3,(H,15,16). The van der Waals surface area contributed by atoms with E-state index >= 15 is 0 Å². The Morgan fingerprint density at radius 3 is 2.71 bits per heavy atom. The first-order chi connectivity index (χ1) is 7.88. The SMILES string of the molecule is CC(C)(COc1cccc(F)c1CN)C(=O)O. The molecule has 0 spiro atoms. The molecule has 0 saturated carbocycles. The van der Waals surface area contributed by atoms with Gasteiger partial charge in [0.05, 0.1) is 5.41 Å². The molecule has 1 rings (SSSR count). The zero-order valence-electron chi connectivity index (χ0n) is 9.87. The summed E-state index contributed by atoms with van der Waals surface area (Å²) in [6, 6.07) is 4.36. The monoisotopic (exact) mass is 241 g/mol. The van der Waals surface area contributed by atoms with Gasteiger partial charge < -0.3 is 15.6 Å². The number of ether oxygens (including phenoxy) is 1. The average Bonchev–Trinajstić information content (AvgIpc) is 2.26. The van der Waals surface area contributed by atoms with Crippen molar-refractivity contribution in [2.75, 3.05) is 6.61 Å². The van der Waals surface area contributed by atoms with Gasteiger partial charge in [-0.15, -0.1) is 0 Å². The normalized spacial score (nSPS) is 11.3. The van der Waals surface area contributed by atoms with Crippen molar-refractivity contribution in [3.05, 3.63) is 29.6 Å². The molecule has 0 aliphatic rings. The highest BCUT2D eigenvalue weighted by Gasteiger charge is 2.28. The lowest BCUT2D eigenvalue weighted by atomic mass is 9.95. The summed E-state index contributed by atoms with van der Waals surface area (Å²) in [4.78, 5) is 10.9. The fourth-order valence-corrected chi connectivity index (χ4v) is 1.19. The first-order valence-corrected chi connectivity index (χ1v) is 5.22. The van der Waals surface area contributed by atoms with Crippen molar-refractivity contribution in [1.29, 1.82) is 0 Å². The summed E-state index contributed by atoms with van der Waals surface area (Å²) in [6.45, 7) is 3.04. The largest absolute Gasteiger partial charge is 0.492 e. The fraction of sp³-hybridized carbons (Fsp3) is 0.417. The first kappa shape index (κ1) is 13.4. The summed E-state index contributed by atoms with van der Waals surface area (Å²) in [5.41, 5.74) is 4.64. The van der Waals surface area contributed by atoms with Gasteiger partial charge in [0.15, 0.2) is 0 Å². The van der Waals surface area contributed by atoms with Crippen LogP contribution in [0.1, 0.15) is 19.4 Å². The summed E-state index contributed by atoms with van der Waals surface area (Å²) in [7, 11) is 0. The highest BCUT2D eigenvalue weighted by atomic mass is 19.1. The Labute approximate surface area is 99.2 Å². The Morgan fingerprint density at radius 2 is 2.18 bits per heavy atom. The van der Waals surface area contributed by atoms with Crippen LogP contribution in [-0.2, 0) is 11.3 Å². The molecule has 94 valence electrons. The van der Waals surface area contributed by atoms with Crippen LogP contribution in [0.15, 0.2) is 18.2 Å². The van der Waals surface area contributed by atoms with Gasteiger partial charge in [0.2, 0.25) is 0 Å². The third-order valence-electron chi connectivity index (χ3n) is 2.45. The number of rotatable bonds is 5. The molecule has 0 aliphatic carbocycles. The van der Waals surface area contributed by atoms with E-state index in [1.165, 1.54) is 26.0 Å². The highest BCUT2D eigenvalue weighted by Crippen LogP contribution is 2.24. The molecule has 3 N–H and O–H groups in total. The zero-order valence-corrected chi connectivity index (χ0v) is 9.87. The van der Waals surface area contributed by atoms with E-state index in [0.717, 1.165) is 0 Å². The molecule has 0 radical (unpaired) electrons. The molecule has 0 unspecified atom stereocenters. The van der Waals surface area contributed by atoms with E-state index in [0.29, 0.717) is 5.75 Å². The minimum absolute atomic E-state index is 0.00943. The molecule has 5 heteroatoms. The maximum atomic E-state index is 13.4. The molecule has 1 aromatic rings. The maximum Gasteiger partial charge on any atom is 0.312 e. The Balaban J connectivity index is 2.83. The van der Waals surface area contributed by atoms with E-state index in [4.69, 9.17) is 15.6 Å². The van der Waals surface area contributed by atoms with Gasteiger partial charge in [-0.05, 0) is 26.0 Å². The molecule has 0 heterocycles. The molecule has 1 aromatic carbocycles. The van der Waals surface area contributed by atoms with Crippen molar-refractivity contribution in [2.45, 2.75) is 20.4 Å². The third kappa shape index (κ3) is 3.17. The van der Waals surface area contributed by atoms with Crippen molar-refractivity contribution in [3.63, 3.8) is 0 Å². The van der Waals surface area contributed by atoms with Crippen LogP contribution in [0.5, 0.6) is 5.75 Å². The van der Waals surface area contributed by atoms with Gasteiger partial charge in [-0.25, -0.2) is 4.39 Å². The van der Waals surface area contributed by atoms with Gasteiger partial charge in [-0.3, -0.25) is 4.79 Å². The molecule has 17 heavy (non-hydrogen) atoms. The van der Waals surface area contributed by atoms with Crippen molar-refractivity contribution < 1.29 is 19.0 Å². The minimum atomic E-state index is -1.03. The van der Waals surface area contributed by atoms with Crippen LogP contribution in [0.2, 0.25) is 0 Å². The molecular formula is C12H16FNO3. The average molecular weight is 241 g/mol. The van der Waals surface area contributed by atoms with Gasteiger partial charge in [0, 0.05) is 12.1 Å². The van der Waals surface area contributed by atoms with E-state index in [-0.39, 0.29) is 18.7 Å². The lowest BCUT2D eigenvalue weighted by Gasteiger charge is -2.20. The Hall–Kier alpha value is -1.62. The van der Waals surface area contributed by atoms with Gasteiger partial charge in [0.25, 0.3) is 0 Å². The Bertz CT molecular complexity index is 418. The quantitative estimate of drug-likeness (QED) is 0.824. The van der Waals surface area contributed by atoms with Gasteiger partial charge in [-0.1, -0.05) is 6.07 Å². The summed E-state index contributed by atoms with van der Waals surface area (Å²) in [6.07, 6.45) is 0. The van der Waals surface area contributed by atoms with Crippen LogP contribution in [0.25, 0.3) is 0 Å². The first-order valence-electron chi connectivity index (χ1n) is 5.22. The second-order valence-corrected chi connectivity index (χ2v) is 4.40. The van der Waals surface area contributed by atoms with Crippen molar-refractivity contribution >= 4 is 5.97 Å². The summed E-state index contributed by atoms with van der Waals surface area (Å²) >= 11 is 0. The Kier molecular flexibility index (Phi) is 4.07. The van der Waals surface area contributed by atoms with Crippen LogP contribution < -0.4 is 10.5 Å². The number of carboxylic acids is 1. The molecule has 0 amide bonds. The number of carboxylic acid groups (broad SMARTS) is 1. The molecule has 0 fully saturated rings. The maximum absolute atomic E-state index is 13.4. The van der Waals surface area contributed by atoms with Crippen LogP contribution in [0.4, 0.5) is 4.39 Å². The fourth-order valence-electron chi connectivity index (χ4n) is 1.19. The zero-order chi connectivity index (χ0) is 13.1. The van der Waals surface area contributed by atoms with E-state index in [1.54, 1.807) is 6.07 Å². The minimum Gasteiger partial charge on any atom is -0.492 e. The lowest BCUT2D eigenvalue weighted by Crippen LogP contribution is -2.31. The third-order valence-corrected chi connectivity index (χ3v) is 2.45. The molecule has 0 aliphatic heterocycles. The van der Waals surface area contributed by atoms with Gasteiger partial charge >= 0.3 is 5.97 Å². The second kappa shape index (κ2) is 5.14. The predicted molar refractivity (Wildman–Crippen MR) is 61.2 cm³/mol. The topological polar surface area (TPSA) is 72.5 Å². The van der Waals surface area contributed by atoms with Crippen molar-refractivity contribution in [1.82, 2.24) is 0 Å². The number of nitrogens with two attached hydrogens (primary N) is 1. The number of halogens is 1. The Morgan fingerprint density at radius 1 is 1.53 bits per heavy atom. The number of hydrogen-bond acceptors (Lipinski definition) is 3. The second-order valence-electron chi connectivity index (χ2n) is 4.40. The smallest absolute Gasteiger partial charge is 0.312 e. The molecule has 0 aromatic heterocycles. The van der Waals surface area contributed by atoms with Crippen LogP contribution in [0, 0.1) is 11.2 Å². The number of benzene rings is 1. The van der Waals surface area contributed by atoms with Gasteiger partial charge in [0.1, 0.15) is 18.2 Å². The van der Waals surface area contributed by atoms with E-state index < -0.39 is 17.2 Å². The lowest BCUT2D eigenvalue weighted by molar-refractivity contribution is -0.148. The van der Waals surface area contributed by atoms with Crippen molar-refractivity contribution in [2.24, 2.45) is 11.1 Å². The van der Waals surface area contributed by atoms with Crippen LogP contribution in [0.3, 0.4) is 0 Å². The molecular weight excluding hydrogens is 225 g/mol. The summed E-state index contributed by atoms with van der Waals surface area (Å²) < 4.78 is 18.7. The van der Waals surface area contributed by atoms with E-state index in [2.05, 4.69) is 0 Å². The number of aliphatic carboxylic acids is 1. The van der Waals surface area contributed by atoms with Crippen molar-refractivity contribution in [3.8, 4) is 5.75 Å². The van der Waals surface area contributed by atoms with Gasteiger partial charge in [-0.2, -0.15) is 0 Å². The van der Waals surface area contributed by atoms with Crippen LogP contribution >= 0.6 is 0 Å². The summed E-state index contributed by atoms with van der Waals surface area (Å²) in [5.74, 6) is -1.12. The number of carbonyl (C=O) groups is 1. The summed E-state index contributed by atoms with van der Waals surface area (Å²) in [5, 5.41) is 8.92. The highest BCUT2D eigenvalue weighted by molar-refractivity contribution is 5.73.